The minimum atomic E-state index is -2.67. The molecule has 0 bridgehead atoms. The molecule has 3 aliphatic carbocycles. The summed E-state index contributed by atoms with van der Waals surface area (Å²) in [6.45, 7) is 2.99. The van der Waals surface area contributed by atoms with Gasteiger partial charge in [-0.05, 0) is 97.9 Å². The fourth-order valence-electron chi connectivity index (χ4n) is 8.42. The van der Waals surface area contributed by atoms with Crippen LogP contribution in [0.15, 0.2) is 71.2 Å². The van der Waals surface area contributed by atoms with E-state index in [1.54, 1.807) is 25.1 Å². The zero-order chi connectivity index (χ0) is 32.7. The average Bonchev–Trinajstić information content (AvgIpc) is 3.52. The summed E-state index contributed by atoms with van der Waals surface area (Å²) in [5.74, 6) is -6.65. The molecule has 0 radical (unpaired) electrons. The van der Waals surface area contributed by atoms with Gasteiger partial charge in [0, 0.05) is 18.0 Å². The third kappa shape index (κ3) is 4.24. The Balaban J connectivity index is 1.38. The molecule has 4 aliphatic rings. The van der Waals surface area contributed by atoms with Gasteiger partial charge < -0.3 is 26.2 Å². The van der Waals surface area contributed by atoms with Crippen LogP contribution in [0, 0.1) is 11.8 Å². The Kier molecular flexibility index (Phi) is 7.08. The fraction of sp³-hybridized carbons (Fsp3) is 0.361. The maximum absolute atomic E-state index is 14.2. The van der Waals surface area contributed by atoms with E-state index in [9.17, 15) is 34.8 Å². The molecule has 6 N–H and O–H groups in total. The monoisotopic (exact) mass is 623 g/mol. The maximum atomic E-state index is 14.2. The van der Waals surface area contributed by atoms with E-state index in [2.05, 4.69) is 29.2 Å². The lowest BCUT2D eigenvalue weighted by atomic mass is 9.58. The van der Waals surface area contributed by atoms with Gasteiger partial charge in [0.25, 0.3) is 5.91 Å². The Labute approximate surface area is 266 Å². The molecule has 1 aliphatic heterocycles. The number of aliphatic hydroxyl groups is 3. The highest BCUT2D eigenvalue weighted by atomic mass is 16.3. The van der Waals surface area contributed by atoms with Crippen LogP contribution in [0.25, 0.3) is 21.9 Å². The van der Waals surface area contributed by atoms with E-state index in [1.807, 2.05) is 12.1 Å². The molecule has 0 spiro atoms. The summed E-state index contributed by atoms with van der Waals surface area (Å²) in [7, 11) is 3.23. The van der Waals surface area contributed by atoms with Crippen molar-refractivity contribution in [1.29, 1.82) is 0 Å². The lowest BCUT2D eigenvalue weighted by molar-refractivity contribution is -0.148. The summed E-state index contributed by atoms with van der Waals surface area (Å²) < 4.78 is 0. The number of carbonyl (C=O) groups is 3. The first-order valence-corrected chi connectivity index (χ1v) is 15.7. The van der Waals surface area contributed by atoms with Gasteiger partial charge in [0.05, 0.1) is 11.6 Å². The second-order valence-corrected chi connectivity index (χ2v) is 13.2. The predicted molar refractivity (Wildman–Crippen MR) is 171 cm³/mol. The predicted octanol–water partition coefficient (Wildman–Crippen LogP) is 3.54. The molecule has 1 amide bonds. The first kappa shape index (κ1) is 30.2. The van der Waals surface area contributed by atoms with Crippen molar-refractivity contribution in [3.8, 4) is 16.9 Å². The number of likely N-dealkylation sites (tertiary alicyclic amines) is 1. The molecule has 3 aromatic rings. The van der Waals surface area contributed by atoms with Crippen molar-refractivity contribution >= 4 is 28.2 Å². The molecule has 10 nitrogen and oxygen atoms in total. The highest BCUT2D eigenvalue weighted by Gasteiger charge is 2.63. The van der Waals surface area contributed by atoms with Gasteiger partial charge in [-0.15, -0.1) is 0 Å². The number of primary amides is 1. The second kappa shape index (κ2) is 10.8. The Hall–Kier alpha value is -4.51. The van der Waals surface area contributed by atoms with E-state index in [1.165, 1.54) is 24.5 Å². The minimum absolute atomic E-state index is 0.00325. The van der Waals surface area contributed by atoms with Crippen LogP contribution < -0.4 is 5.73 Å². The smallest absolute Gasteiger partial charge is 0.255 e. The first-order chi connectivity index (χ1) is 21.9. The Morgan fingerprint density at radius 1 is 0.978 bits per heavy atom. The van der Waals surface area contributed by atoms with Gasteiger partial charge in [-0.2, -0.15) is 0 Å². The van der Waals surface area contributed by atoms with E-state index >= 15 is 0 Å². The quantitative estimate of drug-likeness (QED) is 0.268. The number of ketones is 2. The first-order valence-electron chi connectivity index (χ1n) is 15.7. The van der Waals surface area contributed by atoms with Crippen LogP contribution in [0.5, 0.6) is 5.75 Å². The number of hydrogen-bond donors (Lipinski definition) is 5. The summed E-state index contributed by atoms with van der Waals surface area (Å²) in [4.78, 5) is 44.0. The number of amides is 1. The van der Waals surface area contributed by atoms with Crippen molar-refractivity contribution in [3.63, 3.8) is 0 Å². The van der Waals surface area contributed by atoms with Crippen LogP contribution in [0.1, 0.15) is 40.7 Å². The standard InChI is InChI=1S/C36H37N3O7/c1-38(2)30-25-16-19-15-24-23(22-10-9-18(17-39-13-5-6-14-39)20-7-3-4-8-21(20)22)11-12-26(40)28(24)31(41)27(19)33(43)36(25,46)34(44)29(32(30)42)35(37)45/h3-4,7-12,19,25,30,40,42-43,46H,5-6,13-17H2,1-2H3,(H2,37,45)/t19-,25-,30-,36-/m0/s1. The number of aliphatic hydroxyl groups excluding tert-OH is 2. The third-order valence-electron chi connectivity index (χ3n) is 10.5. The van der Waals surface area contributed by atoms with Gasteiger partial charge in [0.1, 0.15) is 22.8 Å². The van der Waals surface area contributed by atoms with Gasteiger partial charge in [0.15, 0.2) is 11.4 Å². The number of fused-ring (bicyclic) bond motifs is 4. The molecule has 46 heavy (non-hydrogen) atoms. The van der Waals surface area contributed by atoms with Crippen LogP contribution in [0.4, 0.5) is 0 Å². The van der Waals surface area contributed by atoms with E-state index in [0.717, 1.165) is 41.5 Å². The summed E-state index contributed by atoms with van der Waals surface area (Å²) >= 11 is 0. The Morgan fingerprint density at radius 2 is 1.65 bits per heavy atom. The number of nitrogens with two attached hydrogens (primary N) is 1. The number of nitrogens with zero attached hydrogens (tertiary/aromatic N) is 2. The largest absolute Gasteiger partial charge is 0.510 e. The zero-order valence-corrected chi connectivity index (χ0v) is 25.8. The number of aromatic hydroxyl groups is 1. The third-order valence-corrected chi connectivity index (χ3v) is 10.5. The van der Waals surface area contributed by atoms with Crippen molar-refractivity contribution in [1.82, 2.24) is 9.80 Å². The molecule has 238 valence electrons. The number of phenolic OH excluding ortho intramolecular Hbond substituents is 1. The number of rotatable bonds is 5. The summed E-state index contributed by atoms with van der Waals surface area (Å²) in [6.07, 6.45) is 2.65. The molecule has 10 heteroatoms. The van der Waals surface area contributed by atoms with Crippen LogP contribution in [-0.4, -0.2) is 86.5 Å². The van der Waals surface area contributed by atoms with Gasteiger partial charge >= 0.3 is 0 Å². The lowest BCUT2D eigenvalue weighted by Crippen LogP contribution is -2.63. The summed E-state index contributed by atoms with van der Waals surface area (Å²) in [5.41, 5.74) is 5.27. The maximum Gasteiger partial charge on any atom is 0.255 e. The fourth-order valence-corrected chi connectivity index (χ4v) is 8.42. The topological polar surface area (TPSA) is 165 Å². The van der Waals surface area contributed by atoms with Crippen molar-refractivity contribution in [3.05, 3.63) is 87.9 Å². The number of allylic oxidation sites excluding steroid dienone is 1. The second-order valence-electron chi connectivity index (χ2n) is 13.2. The molecule has 1 saturated heterocycles. The molecule has 0 unspecified atom stereocenters. The SMILES string of the molecule is CN(C)[C@@H]1C(O)=C(C(N)=O)C(=O)[C@@]2(O)C(O)=C3C(=O)c4c(O)ccc(-c5ccc(CN6CCCC6)c6ccccc56)c4C[C@H]3C[C@@H]12. The number of carbonyl (C=O) groups excluding carboxylic acids is 3. The minimum Gasteiger partial charge on any atom is -0.510 e. The zero-order valence-electron chi connectivity index (χ0n) is 25.8. The van der Waals surface area contributed by atoms with Gasteiger partial charge in [-0.25, -0.2) is 0 Å². The van der Waals surface area contributed by atoms with Crippen LogP contribution in [0.2, 0.25) is 0 Å². The van der Waals surface area contributed by atoms with E-state index in [-0.39, 0.29) is 29.7 Å². The summed E-state index contributed by atoms with van der Waals surface area (Å²) in [6, 6.07) is 14.5. The molecular weight excluding hydrogens is 586 g/mol. The number of Topliss-reactive ketones (excluding diaryl/α,β-unsaturated/α-hetero) is 2. The molecule has 1 heterocycles. The highest BCUT2D eigenvalue weighted by molar-refractivity contribution is 6.25. The number of likely N-dealkylation sites (N-methyl/N-ethyl adjacent to an activating group) is 1. The number of phenols is 1. The van der Waals surface area contributed by atoms with Crippen LogP contribution >= 0.6 is 0 Å². The molecule has 0 aromatic heterocycles. The highest BCUT2D eigenvalue weighted by Crippen LogP contribution is 2.53. The lowest BCUT2D eigenvalue weighted by Gasteiger charge is -2.50. The van der Waals surface area contributed by atoms with E-state index < -0.39 is 58.0 Å². The summed E-state index contributed by atoms with van der Waals surface area (Å²) in [5, 5.41) is 47.7. The van der Waals surface area contributed by atoms with Crippen molar-refractivity contribution in [2.24, 2.45) is 17.6 Å². The van der Waals surface area contributed by atoms with Gasteiger partial charge in [-0.1, -0.05) is 42.5 Å². The van der Waals surface area contributed by atoms with E-state index in [0.29, 0.717) is 5.56 Å². The van der Waals surface area contributed by atoms with E-state index in [4.69, 9.17) is 5.73 Å². The molecule has 1 fully saturated rings. The van der Waals surface area contributed by atoms with Gasteiger partial charge in [-0.3, -0.25) is 24.2 Å². The van der Waals surface area contributed by atoms with Gasteiger partial charge in [0.2, 0.25) is 5.78 Å². The van der Waals surface area contributed by atoms with Crippen molar-refractivity contribution in [2.45, 2.75) is 43.9 Å². The molecule has 7 rings (SSSR count). The molecular formula is C36H37N3O7. The number of hydrogen-bond acceptors (Lipinski definition) is 9. The Morgan fingerprint density at radius 3 is 2.33 bits per heavy atom. The molecule has 4 atom stereocenters. The van der Waals surface area contributed by atoms with Crippen LogP contribution in [-0.2, 0) is 22.6 Å². The molecule has 3 aromatic carbocycles. The average molecular weight is 624 g/mol. The normalized spacial score (nSPS) is 26.5. The van der Waals surface area contributed by atoms with Crippen molar-refractivity contribution < 1.29 is 34.8 Å². The Bertz CT molecular complexity index is 1900. The molecule has 0 saturated carbocycles. The van der Waals surface area contributed by atoms with Crippen LogP contribution in [0.3, 0.4) is 0 Å². The van der Waals surface area contributed by atoms with Crippen molar-refractivity contribution in [2.75, 3.05) is 27.2 Å². The number of benzene rings is 3.